The molecular weight excluding hydrogens is 260 g/mol. The Kier molecular flexibility index (Phi) is 5.52. The van der Waals surface area contributed by atoms with Gasteiger partial charge in [-0.05, 0) is 18.6 Å². The smallest absolute Gasteiger partial charge is 0.169 e. The molecular formula is C18H23N2O+. The van der Waals surface area contributed by atoms with E-state index >= 15 is 0 Å². The van der Waals surface area contributed by atoms with Crippen molar-refractivity contribution in [1.82, 2.24) is 4.90 Å². The molecule has 0 spiro atoms. The van der Waals surface area contributed by atoms with Gasteiger partial charge in [0.2, 0.25) is 0 Å². The molecule has 0 radical (unpaired) electrons. The fraction of sp³-hybridized carbons (Fsp3) is 0.278. The van der Waals surface area contributed by atoms with Gasteiger partial charge in [-0.15, -0.1) is 0 Å². The van der Waals surface area contributed by atoms with E-state index in [1.165, 1.54) is 0 Å². The maximum Gasteiger partial charge on any atom is 0.169 e. The topological polar surface area (TPSA) is 27.4 Å². The molecule has 2 rings (SSSR count). The number of benzene rings is 1. The Hall–Kier alpha value is -2.13. The van der Waals surface area contributed by atoms with Crippen LogP contribution in [0, 0.1) is 0 Å². The quantitative estimate of drug-likeness (QED) is 0.824. The van der Waals surface area contributed by atoms with Crippen molar-refractivity contribution < 1.29 is 9.67 Å². The first-order valence-corrected chi connectivity index (χ1v) is 7.33. The van der Waals surface area contributed by atoms with Crippen LogP contribution in [0.4, 0.5) is 0 Å². The first-order valence-electron chi connectivity index (χ1n) is 7.33. The molecule has 0 saturated heterocycles. The first-order chi connectivity index (χ1) is 10.2. The predicted octanol–water partition coefficient (Wildman–Crippen LogP) is 2.42. The number of nitrogens with zero attached hydrogens (tertiary/aromatic N) is 2. The Balaban J connectivity index is 2.37. The fourth-order valence-electron chi connectivity index (χ4n) is 2.23. The lowest BCUT2D eigenvalue weighted by atomic mass is 10.1. The van der Waals surface area contributed by atoms with Gasteiger partial charge in [0.15, 0.2) is 12.4 Å². The molecule has 110 valence electrons. The number of aromatic nitrogens is 1. The van der Waals surface area contributed by atoms with Crippen LogP contribution >= 0.6 is 0 Å². The van der Waals surface area contributed by atoms with Crippen LogP contribution in [-0.2, 0) is 6.54 Å². The number of pyridine rings is 1. The van der Waals surface area contributed by atoms with Crippen LogP contribution in [0.25, 0.3) is 11.8 Å². The van der Waals surface area contributed by atoms with E-state index in [1.807, 2.05) is 25.2 Å². The molecule has 21 heavy (non-hydrogen) atoms. The summed E-state index contributed by atoms with van der Waals surface area (Å²) in [7, 11) is 2.01. The molecule has 1 heterocycles. The molecule has 0 fully saturated rings. The van der Waals surface area contributed by atoms with E-state index in [2.05, 4.69) is 59.1 Å². The molecule has 0 amide bonds. The van der Waals surface area contributed by atoms with Crippen molar-refractivity contribution in [3.63, 3.8) is 0 Å². The van der Waals surface area contributed by atoms with Gasteiger partial charge in [-0.2, -0.15) is 0 Å². The van der Waals surface area contributed by atoms with Gasteiger partial charge in [0.1, 0.15) is 6.54 Å². The van der Waals surface area contributed by atoms with Gasteiger partial charge < -0.3 is 10.0 Å². The lowest BCUT2D eigenvalue weighted by Crippen LogP contribution is -2.31. The van der Waals surface area contributed by atoms with Crippen LogP contribution in [0.15, 0.2) is 54.9 Å². The van der Waals surface area contributed by atoms with Crippen LogP contribution in [0.3, 0.4) is 0 Å². The monoisotopic (exact) mass is 283 g/mol. The van der Waals surface area contributed by atoms with Crippen molar-refractivity contribution in [2.75, 3.05) is 20.2 Å². The van der Waals surface area contributed by atoms with E-state index in [4.69, 9.17) is 0 Å². The Labute approximate surface area is 126 Å². The molecule has 0 atom stereocenters. The van der Waals surface area contributed by atoms with Crippen molar-refractivity contribution in [1.29, 1.82) is 0 Å². The maximum atomic E-state index is 9.21. The summed E-state index contributed by atoms with van der Waals surface area (Å²) < 4.78 is 2.13. The molecule has 0 aliphatic carbocycles. The van der Waals surface area contributed by atoms with E-state index in [-0.39, 0.29) is 6.61 Å². The van der Waals surface area contributed by atoms with Gasteiger partial charge in [-0.3, -0.25) is 0 Å². The third kappa shape index (κ3) is 4.17. The summed E-state index contributed by atoms with van der Waals surface area (Å²) in [5.41, 5.74) is 3.42. The summed E-state index contributed by atoms with van der Waals surface area (Å²) in [6, 6.07) is 14.5. The van der Waals surface area contributed by atoms with E-state index in [9.17, 15) is 5.11 Å². The average molecular weight is 283 g/mol. The zero-order chi connectivity index (χ0) is 15.1. The molecule has 1 aromatic carbocycles. The van der Waals surface area contributed by atoms with Crippen molar-refractivity contribution in [2.24, 2.45) is 0 Å². The van der Waals surface area contributed by atoms with Gasteiger partial charge in [-0.1, -0.05) is 30.3 Å². The fourth-order valence-corrected chi connectivity index (χ4v) is 2.23. The molecule has 0 unspecified atom stereocenters. The van der Waals surface area contributed by atoms with Gasteiger partial charge in [0.25, 0.3) is 0 Å². The Bertz CT molecular complexity index is 576. The summed E-state index contributed by atoms with van der Waals surface area (Å²) >= 11 is 0. The first kappa shape index (κ1) is 15.3. The highest BCUT2D eigenvalue weighted by Gasteiger charge is 2.09. The third-order valence-electron chi connectivity index (χ3n) is 3.50. The minimum atomic E-state index is 0.143. The van der Waals surface area contributed by atoms with E-state index < -0.39 is 0 Å². The van der Waals surface area contributed by atoms with E-state index in [1.54, 1.807) is 0 Å². The predicted molar refractivity (Wildman–Crippen MR) is 86.3 cm³/mol. The number of likely N-dealkylation sites (N-methyl/N-ethyl adjacent to an activating group) is 1. The summed E-state index contributed by atoms with van der Waals surface area (Å²) in [4.78, 5) is 2.08. The maximum absolute atomic E-state index is 9.21. The summed E-state index contributed by atoms with van der Waals surface area (Å²) in [5.74, 6) is 0. The minimum Gasteiger partial charge on any atom is -0.395 e. The number of rotatable bonds is 6. The Morgan fingerprint density at radius 3 is 2.38 bits per heavy atom. The highest BCUT2D eigenvalue weighted by Crippen LogP contribution is 2.20. The second-order valence-electron chi connectivity index (χ2n) is 5.00. The number of aliphatic hydroxyl groups excluding tert-OH is 1. The van der Waals surface area contributed by atoms with Crippen molar-refractivity contribution >= 4 is 11.8 Å². The largest absolute Gasteiger partial charge is 0.395 e. The van der Waals surface area contributed by atoms with E-state index in [0.29, 0.717) is 6.54 Å². The normalized spacial score (nSPS) is 11.5. The molecule has 3 nitrogen and oxygen atoms in total. The van der Waals surface area contributed by atoms with Crippen LogP contribution in [0.5, 0.6) is 0 Å². The summed E-state index contributed by atoms with van der Waals surface area (Å²) in [5, 5.41) is 9.21. The third-order valence-corrected chi connectivity index (χ3v) is 3.50. The number of hydrogen-bond acceptors (Lipinski definition) is 2. The van der Waals surface area contributed by atoms with Crippen molar-refractivity contribution in [3.05, 3.63) is 66.0 Å². The summed E-state index contributed by atoms with van der Waals surface area (Å²) in [6.45, 7) is 3.84. The van der Waals surface area contributed by atoms with Crippen LogP contribution in [0.1, 0.15) is 18.1 Å². The van der Waals surface area contributed by atoms with E-state index in [0.717, 1.165) is 23.4 Å². The molecule has 2 aromatic rings. The number of hydrogen-bond donors (Lipinski definition) is 1. The van der Waals surface area contributed by atoms with Gasteiger partial charge >= 0.3 is 0 Å². The molecule has 3 heteroatoms. The second-order valence-corrected chi connectivity index (χ2v) is 5.00. The lowest BCUT2D eigenvalue weighted by Gasteiger charge is -2.22. The minimum absolute atomic E-state index is 0.143. The van der Waals surface area contributed by atoms with Crippen molar-refractivity contribution in [2.45, 2.75) is 13.5 Å². The zero-order valence-electron chi connectivity index (χ0n) is 12.7. The zero-order valence-corrected chi connectivity index (χ0v) is 12.7. The van der Waals surface area contributed by atoms with Gasteiger partial charge in [-0.25, -0.2) is 4.57 Å². The van der Waals surface area contributed by atoms with Gasteiger partial charge in [0, 0.05) is 37.0 Å². The highest BCUT2D eigenvalue weighted by molar-refractivity contribution is 5.79. The van der Waals surface area contributed by atoms with Crippen LogP contribution in [0.2, 0.25) is 0 Å². The molecule has 0 bridgehead atoms. The molecule has 0 saturated carbocycles. The van der Waals surface area contributed by atoms with Crippen LogP contribution in [-0.4, -0.2) is 30.2 Å². The SMILES string of the molecule is CC[n+]1ccc(/C(=C\c2ccccc2)N(C)CCO)cc1. The number of aliphatic hydroxyl groups is 1. The second kappa shape index (κ2) is 7.60. The molecule has 0 aliphatic heterocycles. The Morgan fingerprint density at radius 1 is 1.14 bits per heavy atom. The highest BCUT2D eigenvalue weighted by atomic mass is 16.3. The molecule has 1 aromatic heterocycles. The summed E-state index contributed by atoms with van der Waals surface area (Å²) in [6.07, 6.45) is 6.32. The molecule has 0 aliphatic rings. The average Bonchev–Trinajstić information content (AvgIpc) is 2.54. The van der Waals surface area contributed by atoms with Crippen molar-refractivity contribution in [3.8, 4) is 0 Å². The standard InChI is InChI=1S/C18H23N2O/c1-3-20-11-9-17(10-12-20)18(19(2)13-14-21)15-16-7-5-4-6-8-16/h4-12,15,21H,3,13-14H2,1-2H3/q+1/b18-15+. The molecule has 1 N–H and O–H groups in total. The van der Waals surface area contributed by atoms with Gasteiger partial charge in [0.05, 0.1) is 6.61 Å². The lowest BCUT2D eigenvalue weighted by molar-refractivity contribution is -0.693. The van der Waals surface area contributed by atoms with Crippen LogP contribution < -0.4 is 4.57 Å². The Morgan fingerprint density at radius 2 is 1.81 bits per heavy atom. The number of aryl methyl sites for hydroxylation is 1.